The minimum atomic E-state index is -0.544. The molecule has 2 rings (SSSR count). The third-order valence-corrected chi connectivity index (χ3v) is 9.13. The van der Waals surface area contributed by atoms with E-state index in [2.05, 4.69) is 69.8 Å². The number of ketones is 2. The molecule has 0 saturated heterocycles. The van der Waals surface area contributed by atoms with Crippen LogP contribution in [0.5, 0.6) is 0 Å². The van der Waals surface area contributed by atoms with E-state index >= 15 is 0 Å². The van der Waals surface area contributed by atoms with Crippen LogP contribution in [0.3, 0.4) is 0 Å². The Hall–Kier alpha value is -2.87. The average molecular weight is 636 g/mol. The Balaban J connectivity index is 1.80. The molecule has 4 atom stereocenters. The van der Waals surface area contributed by atoms with Gasteiger partial charge in [0.1, 0.15) is 5.78 Å². The van der Waals surface area contributed by atoms with Gasteiger partial charge in [0, 0.05) is 43.1 Å². The fraction of sp³-hybridized carbons (Fsp3) is 0.526. The van der Waals surface area contributed by atoms with Crippen LogP contribution in [0.2, 0.25) is 0 Å². The number of allylic oxidation sites excluding steroid dienone is 4. The van der Waals surface area contributed by atoms with Crippen LogP contribution in [0.15, 0.2) is 78.2 Å². The lowest BCUT2D eigenvalue weighted by Crippen LogP contribution is -2.27. The van der Waals surface area contributed by atoms with Crippen LogP contribution in [-0.2, 0) is 9.59 Å². The maximum absolute atomic E-state index is 12.7. The number of likely N-dealkylation sites (N-methyl/N-ethyl adjacent to an activating group) is 1. The van der Waals surface area contributed by atoms with Crippen LogP contribution in [0.25, 0.3) is 10.8 Å². The second-order valence-corrected chi connectivity index (χ2v) is 13.1. The number of thiol groups is 1. The van der Waals surface area contributed by atoms with Crippen LogP contribution in [-0.4, -0.2) is 47.8 Å². The Morgan fingerprint density at radius 3 is 2.38 bits per heavy atom. The molecule has 0 amide bonds. The molecule has 0 radical (unpaired) electrons. The number of hydrogen-bond donors (Lipinski definition) is 3. The number of anilines is 1. The molecule has 7 heteroatoms. The van der Waals surface area contributed by atoms with Gasteiger partial charge < -0.3 is 15.7 Å². The predicted molar refractivity (Wildman–Crippen MR) is 194 cm³/mol. The van der Waals surface area contributed by atoms with Crippen molar-refractivity contribution in [3.8, 4) is 0 Å². The highest BCUT2D eigenvalue weighted by Crippen LogP contribution is 2.28. The summed E-state index contributed by atoms with van der Waals surface area (Å²) >= 11 is 4.69. The predicted octanol–water partition coefficient (Wildman–Crippen LogP) is 8.27. The maximum atomic E-state index is 12.7. The van der Waals surface area contributed by atoms with Crippen LogP contribution >= 0.6 is 12.8 Å². The maximum Gasteiger partial charge on any atom is 0.155 e. The van der Waals surface area contributed by atoms with Gasteiger partial charge in [0.05, 0.1) is 11.8 Å². The van der Waals surface area contributed by atoms with Crippen molar-refractivity contribution < 1.29 is 14.7 Å². The van der Waals surface area contributed by atoms with E-state index < -0.39 is 6.10 Å². The lowest BCUT2D eigenvalue weighted by molar-refractivity contribution is -0.122. The van der Waals surface area contributed by atoms with Crippen molar-refractivity contribution in [1.82, 2.24) is 4.90 Å². The van der Waals surface area contributed by atoms with Crippen LogP contribution < -0.4 is 10.0 Å². The van der Waals surface area contributed by atoms with Crippen molar-refractivity contribution in [1.29, 1.82) is 0 Å². The first kappa shape index (κ1) is 38.3. The molecular formula is C38H57N3O3S. The number of benzene rings is 2. The molecule has 3 N–H and O–H groups in total. The highest BCUT2D eigenvalue weighted by atomic mass is 32.1. The molecule has 1 unspecified atom stereocenters. The van der Waals surface area contributed by atoms with E-state index in [0.29, 0.717) is 31.7 Å². The summed E-state index contributed by atoms with van der Waals surface area (Å²) in [5, 5.41) is 12.1. The fourth-order valence-electron chi connectivity index (χ4n) is 5.77. The molecule has 0 heterocycles. The van der Waals surface area contributed by atoms with Gasteiger partial charge in [-0.1, -0.05) is 107 Å². The standard InChI is InChI=1S/C38H57N3O3S/c1-7-30(18-20-35(43)19-17-28(4)23-29(5)31(8-2)24-36(44)25-34(42)9-3)21-22-40(6)26-33(39)27-41(45)38-16-12-14-32-13-10-11-15-37(32)38/h10-17,19,23,27,29-31,34,42,45H,7-9,18,20-22,24-26,39H2,1-6H3/b19-17+,28-23+,33-27-/t29-,30?,31-,34-/m0/s1. The number of hydrogen-bond acceptors (Lipinski definition) is 7. The van der Waals surface area contributed by atoms with Crippen molar-refractivity contribution in [3.05, 3.63) is 78.2 Å². The van der Waals surface area contributed by atoms with E-state index in [1.54, 1.807) is 10.4 Å². The number of nitrogens with zero attached hydrogens (tertiary/aromatic N) is 2. The minimum absolute atomic E-state index is 0.123. The number of Topliss-reactive ketones (excluding diaryl/α,β-unsaturated/α-hetero) is 1. The molecule has 0 aliphatic heterocycles. The summed E-state index contributed by atoms with van der Waals surface area (Å²) in [7, 11) is 2.08. The van der Waals surface area contributed by atoms with Gasteiger partial charge in [0.2, 0.25) is 0 Å². The zero-order chi connectivity index (χ0) is 33.4. The summed E-state index contributed by atoms with van der Waals surface area (Å²) in [5.74, 6) is 1.19. The van der Waals surface area contributed by atoms with Crippen molar-refractivity contribution >= 4 is 40.8 Å². The minimum Gasteiger partial charge on any atom is -0.400 e. The molecule has 0 saturated carbocycles. The molecule has 248 valence electrons. The van der Waals surface area contributed by atoms with E-state index in [0.717, 1.165) is 60.0 Å². The molecule has 45 heavy (non-hydrogen) atoms. The summed E-state index contributed by atoms with van der Waals surface area (Å²) in [6.07, 6.45) is 12.8. The van der Waals surface area contributed by atoms with Gasteiger partial charge in [0.15, 0.2) is 5.78 Å². The van der Waals surface area contributed by atoms with Gasteiger partial charge in [-0.05, 0) is 75.1 Å². The Labute approximate surface area is 278 Å². The number of aliphatic hydroxyl groups excluding tert-OH is 1. The van der Waals surface area contributed by atoms with Crippen molar-refractivity contribution in [2.45, 2.75) is 92.1 Å². The van der Waals surface area contributed by atoms with Crippen molar-refractivity contribution in [2.75, 3.05) is 24.4 Å². The summed E-state index contributed by atoms with van der Waals surface area (Å²) in [4.78, 5) is 27.2. The second kappa shape index (κ2) is 20.3. The van der Waals surface area contributed by atoms with Gasteiger partial charge in [-0.15, -0.1) is 0 Å². The number of nitrogens with two attached hydrogens (primary N) is 1. The van der Waals surface area contributed by atoms with E-state index in [1.807, 2.05) is 50.4 Å². The van der Waals surface area contributed by atoms with E-state index in [1.165, 1.54) is 0 Å². The summed E-state index contributed by atoms with van der Waals surface area (Å²) in [6, 6.07) is 14.4. The lowest BCUT2D eigenvalue weighted by Gasteiger charge is -2.22. The van der Waals surface area contributed by atoms with Crippen LogP contribution in [0.4, 0.5) is 5.69 Å². The Morgan fingerprint density at radius 2 is 1.69 bits per heavy atom. The van der Waals surface area contributed by atoms with Gasteiger partial charge in [-0.2, -0.15) is 0 Å². The second-order valence-electron chi connectivity index (χ2n) is 12.6. The van der Waals surface area contributed by atoms with E-state index in [9.17, 15) is 14.7 Å². The molecule has 0 fully saturated rings. The first-order valence-electron chi connectivity index (χ1n) is 16.7. The first-order valence-corrected chi connectivity index (χ1v) is 17.1. The molecule has 2 aromatic rings. The molecule has 0 aliphatic rings. The quantitative estimate of drug-likeness (QED) is 0.0727. The topological polar surface area (TPSA) is 86.9 Å². The fourth-order valence-corrected chi connectivity index (χ4v) is 6.09. The number of fused-ring (bicyclic) bond motifs is 1. The zero-order valence-electron chi connectivity index (χ0n) is 28.4. The Morgan fingerprint density at radius 1 is 0.978 bits per heavy atom. The first-order chi connectivity index (χ1) is 21.5. The van der Waals surface area contributed by atoms with Crippen molar-refractivity contribution in [3.63, 3.8) is 0 Å². The third kappa shape index (κ3) is 14.0. The van der Waals surface area contributed by atoms with Gasteiger partial charge in [-0.25, -0.2) is 0 Å². The number of aliphatic hydroxyl groups is 1. The highest BCUT2D eigenvalue weighted by molar-refractivity contribution is 7.82. The summed E-state index contributed by atoms with van der Waals surface area (Å²) in [5.41, 5.74) is 9.16. The zero-order valence-corrected chi connectivity index (χ0v) is 29.3. The lowest BCUT2D eigenvalue weighted by atomic mass is 9.85. The monoisotopic (exact) mass is 635 g/mol. The summed E-state index contributed by atoms with van der Waals surface area (Å²) < 4.78 is 1.79. The molecule has 0 spiro atoms. The third-order valence-electron chi connectivity index (χ3n) is 8.80. The normalized spacial score (nSPS) is 15.4. The molecular weight excluding hydrogens is 579 g/mol. The van der Waals surface area contributed by atoms with Crippen molar-refractivity contribution in [2.24, 2.45) is 23.5 Å². The average Bonchev–Trinajstić information content (AvgIpc) is 3.01. The number of rotatable bonds is 21. The number of carbonyl (C=O) groups excluding carboxylic acids is 2. The van der Waals surface area contributed by atoms with E-state index in [-0.39, 0.29) is 29.8 Å². The molecule has 0 bridgehead atoms. The highest BCUT2D eigenvalue weighted by Gasteiger charge is 2.19. The van der Waals surface area contributed by atoms with Gasteiger partial charge in [0.25, 0.3) is 0 Å². The molecule has 6 nitrogen and oxygen atoms in total. The Bertz CT molecular complexity index is 1300. The largest absolute Gasteiger partial charge is 0.400 e. The van der Waals surface area contributed by atoms with E-state index in [4.69, 9.17) is 5.73 Å². The van der Waals surface area contributed by atoms with Crippen LogP contribution in [0.1, 0.15) is 86.0 Å². The molecule has 2 aromatic carbocycles. The Kier molecular flexibility index (Phi) is 17.3. The SMILES string of the molecule is CCC(CCC(=O)/C=C/C(C)=C/[C@H](C)[C@@H](CC)CC(=O)C[C@@H](O)CC)CCN(C)C/C(N)=C/N(S)c1cccc2ccccc12. The molecule has 0 aromatic heterocycles. The molecule has 0 aliphatic carbocycles. The number of carbonyl (C=O) groups is 2. The summed E-state index contributed by atoms with van der Waals surface area (Å²) in [6.45, 7) is 11.9. The van der Waals surface area contributed by atoms with Gasteiger partial charge >= 0.3 is 0 Å². The van der Waals surface area contributed by atoms with Gasteiger partial charge in [-0.3, -0.25) is 13.9 Å². The smallest absolute Gasteiger partial charge is 0.155 e. The van der Waals surface area contributed by atoms with Crippen LogP contribution in [0, 0.1) is 17.8 Å².